The van der Waals surface area contributed by atoms with Gasteiger partial charge in [0.1, 0.15) is 18.4 Å². The van der Waals surface area contributed by atoms with Crippen molar-refractivity contribution in [1.82, 2.24) is 14.8 Å². The van der Waals surface area contributed by atoms with Gasteiger partial charge in [-0.3, -0.25) is 4.79 Å². The predicted octanol–water partition coefficient (Wildman–Crippen LogP) is 7.31. The number of rotatable bonds is 7. The molecule has 1 aliphatic carbocycles. The Hall–Kier alpha value is -3.06. The number of fused-ring (bicyclic) bond motifs is 1. The van der Waals surface area contributed by atoms with E-state index in [-0.39, 0.29) is 22.7 Å². The van der Waals surface area contributed by atoms with Gasteiger partial charge in [0.15, 0.2) is 5.78 Å². The molecule has 200 valence electrons. The number of nitrogens with zero attached hydrogens (tertiary/aromatic N) is 3. The molecule has 1 aliphatic heterocycles. The second-order valence-corrected chi connectivity index (χ2v) is 13.2. The SMILES string of the molecule is CCCSc1nc2n(n1)C(c1ccc(OCc3ccc(C(C)(C)C)cc3)cc1)C1=C(CC(C)(C)CC1=O)N2. The van der Waals surface area contributed by atoms with Crippen LogP contribution >= 0.6 is 11.8 Å². The lowest BCUT2D eigenvalue weighted by molar-refractivity contribution is -0.118. The Morgan fingerprint density at radius 3 is 2.45 bits per heavy atom. The second kappa shape index (κ2) is 10.3. The van der Waals surface area contributed by atoms with Crippen LogP contribution in [0.3, 0.4) is 0 Å². The molecule has 2 heterocycles. The molecule has 0 radical (unpaired) electrons. The number of benzene rings is 2. The van der Waals surface area contributed by atoms with E-state index < -0.39 is 0 Å². The van der Waals surface area contributed by atoms with Gasteiger partial charge in [-0.25, -0.2) is 4.68 Å². The van der Waals surface area contributed by atoms with Crippen molar-refractivity contribution in [2.75, 3.05) is 11.1 Å². The Bertz CT molecular complexity index is 1350. The molecule has 7 heteroatoms. The number of aromatic nitrogens is 3. The van der Waals surface area contributed by atoms with Gasteiger partial charge < -0.3 is 10.1 Å². The molecule has 0 saturated carbocycles. The number of ether oxygens (including phenoxy) is 1. The number of ketones is 1. The van der Waals surface area contributed by atoms with E-state index in [0.717, 1.165) is 51.9 Å². The molecule has 1 atom stereocenters. The maximum Gasteiger partial charge on any atom is 0.227 e. The molecule has 2 aromatic carbocycles. The van der Waals surface area contributed by atoms with Crippen LogP contribution in [-0.4, -0.2) is 26.3 Å². The molecule has 0 amide bonds. The molecular formula is C31H38N4O2S. The van der Waals surface area contributed by atoms with Gasteiger partial charge in [0.05, 0.1) is 0 Å². The highest BCUT2D eigenvalue weighted by molar-refractivity contribution is 7.99. The van der Waals surface area contributed by atoms with Crippen molar-refractivity contribution in [1.29, 1.82) is 0 Å². The number of anilines is 1. The molecular weight excluding hydrogens is 492 g/mol. The van der Waals surface area contributed by atoms with Crippen LogP contribution in [0.1, 0.15) is 83.5 Å². The highest BCUT2D eigenvalue weighted by Gasteiger charge is 2.41. The Morgan fingerprint density at radius 1 is 1.08 bits per heavy atom. The normalized spacial score (nSPS) is 18.6. The molecule has 0 bridgehead atoms. The number of hydrogen-bond donors (Lipinski definition) is 1. The minimum Gasteiger partial charge on any atom is -0.489 e. The van der Waals surface area contributed by atoms with Crippen LogP contribution < -0.4 is 10.1 Å². The fourth-order valence-electron chi connectivity index (χ4n) is 5.17. The van der Waals surface area contributed by atoms with Crippen molar-refractivity contribution >= 4 is 23.5 Å². The quantitative estimate of drug-likeness (QED) is 0.323. The lowest BCUT2D eigenvalue weighted by atomic mass is 9.73. The summed E-state index contributed by atoms with van der Waals surface area (Å²) in [5.74, 6) is 2.64. The summed E-state index contributed by atoms with van der Waals surface area (Å²) in [6.45, 7) is 13.6. The third-order valence-electron chi connectivity index (χ3n) is 7.17. The largest absolute Gasteiger partial charge is 0.489 e. The van der Waals surface area contributed by atoms with Gasteiger partial charge in [0, 0.05) is 23.4 Å². The number of carbonyl (C=O) groups is 1. The van der Waals surface area contributed by atoms with Crippen molar-refractivity contribution in [3.05, 3.63) is 76.5 Å². The molecule has 5 rings (SSSR count). The third-order valence-corrected chi connectivity index (χ3v) is 8.21. The summed E-state index contributed by atoms with van der Waals surface area (Å²) in [7, 11) is 0. The van der Waals surface area contributed by atoms with Crippen LogP contribution in [0.25, 0.3) is 0 Å². The highest BCUT2D eigenvalue weighted by Crippen LogP contribution is 2.45. The number of thioether (sulfide) groups is 1. The average Bonchev–Trinajstić information content (AvgIpc) is 3.26. The molecule has 1 aromatic heterocycles. The van der Waals surface area contributed by atoms with Gasteiger partial charge >= 0.3 is 0 Å². The topological polar surface area (TPSA) is 69.0 Å². The van der Waals surface area contributed by atoms with E-state index in [2.05, 4.69) is 83.3 Å². The molecule has 1 unspecified atom stereocenters. The summed E-state index contributed by atoms with van der Waals surface area (Å²) in [4.78, 5) is 18.2. The van der Waals surface area contributed by atoms with Gasteiger partial charge in [0.25, 0.3) is 0 Å². The minimum atomic E-state index is -0.299. The van der Waals surface area contributed by atoms with E-state index >= 15 is 0 Å². The van der Waals surface area contributed by atoms with Gasteiger partial charge in [-0.2, -0.15) is 4.98 Å². The standard InChI is InChI=1S/C31H38N4O2S/c1-7-16-38-29-33-28-32-24-17-31(5,6)18-25(36)26(24)27(35(28)34-29)21-10-14-23(15-11-21)37-19-20-8-12-22(13-9-20)30(2,3)4/h8-15,27H,7,16-19H2,1-6H3,(H,32,33,34). The minimum absolute atomic E-state index is 0.0851. The zero-order chi connectivity index (χ0) is 27.1. The fourth-order valence-corrected chi connectivity index (χ4v) is 5.85. The summed E-state index contributed by atoms with van der Waals surface area (Å²) in [6.07, 6.45) is 2.39. The fraction of sp³-hybridized carbons (Fsp3) is 0.452. The molecule has 2 aliphatic rings. The summed E-state index contributed by atoms with van der Waals surface area (Å²) < 4.78 is 7.99. The zero-order valence-corrected chi connectivity index (χ0v) is 24.1. The molecule has 0 fully saturated rings. The van der Waals surface area contributed by atoms with E-state index in [4.69, 9.17) is 14.8 Å². The summed E-state index contributed by atoms with van der Waals surface area (Å²) in [5, 5.41) is 9.01. The van der Waals surface area contributed by atoms with E-state index in [0.29, 0.717) is 19.0 Å². The number of carbonyl (C=O) groups excluding carboxylic acids is 1. The van der Waals surface area contributed by atoms with E-state index in [1.165, 1.54) is 5.56 Å². The first-order valence-electron chi connectivity index (χ1n) is 13.5. The van der Waals surface area contributed by atoms with E-state index in [1.54, 1.807) is 11.8 Å². The van der Waals surface area contributed by atoms with Crippen LogP contribution in [0, 0.1) is 5.41 Å². The predicted molar refractivity (Wildman–Crippen MR) is 154 cm³/mol. The molecule has 6 nitrogen and oxygen atoms in total. The Balaban J connectivity index is 1.40. The van der Waals surface area contributed by atoms with E-state index in [9.17, 15) is 4.79 Å². The number of allylic oxidation sites excluding steroid dienone is 2. The van der Waals surface area contributed by atoms with Crippen molar-refractivity contribution in [3.8, 4) is 5.75 Å². The molecule has 0 saturated heterocycles. The van der Waals surface area contributed by atoms with Crippen LogP contribution in [0.5, 0.6) is 5.75 Å². The smallest absolute Gasteiger partial charge is 0.227 e. The molecule has 38 heavy (non-hydrogen) atoms. The van der Waals surface area contributed by atoms with Gasteiger partial charge in [-0.05, 0) is 52.5 Å². The maximum absolute atomic E-state index is 13.4. The van der Waals surface area contributed by atoms with Gasteiger partial charge in [-0.15, -0.1) is 5.10 Å². The Kier molecular flexibility index (Phi) is 7.16. The molecule has 0 spiro atoms. The van der Waals surface area contributed by atoms with Crippen LogP contribution in [0.2, 0.25) is 0 Å². The highest BCUT2D eigenvalue weighted by atomic mass is 32.2. The first-order chi connectivity index (χ1) is 18.0. The summed E-state index contributed by atoms with van der Waals surface area (Å²) in [6, 6.07) is 16.4. The maximum atomic E-state index is 13.4. The van der Waals surface area contributed by atoms with Crippen molar-refractivity contribution in [2.45, 2.75) is 84.0 Å². The van der Waals surface area contributed by atoms with Crippen molar-refractivity contribution < 1.29 is 9.53 Å². The van der Waals surface area contributed by atoms with Crippen LogP contribution in [-0.2, 0) is 16.8 Å². The number of hydrogen-bond acceptors (Lipinski definition) is 6. The first kappa shape index (κ1) is 26.5. The van der Waals surface area contributed by atoms with Crippen LogP contribution in [0.15, 0.2) is 65.0 Å². The van der Waals surface area contributed by atoms with Crippen molar-refractivity contribution in [2.24, 2.45) is 5.41 Å². The monoisotopic (exact) mass is 530 g/mol. The van der Waals surface area contributed by atoms with Gasteiger partial charge in [-0.1, -0.05) is 89.7 Å². The van der Waals surface area contributed by atoms with Crippen molar-refractivity contribution in [3.63, 3.8) is 0 Å². The van der Waals surface area contributed by atoms with E-state index in [1.807, 2.05) is 16.8 Å². The number of Topliss-reactive ketones (excluding diaryl/α,β-unsaturated/α-hetero) is 1. The Morgan fingerprint density at radius 2 is 1.79 bits per heavy atom. The first-order valence-corrected chi connectivity index (χ1v) is 14.5. The van der Waals surface area contributed by atoms with Gasteiger partial charge in [0.2, 0.25) is 11.1 Å². The third kappa shape index (κ3) is 5.53. The Labute approximate surface area is 230 Å². The summed E-state index contributed by atoms with van der Waals surface area (Å²) >= 11 is 1.65. The second-order valence-electron chi connectivity index (χ2n) is 12.2. The molecule has 1 N–H and O–H groups in total. The number of nitrogens with one attached hydrogen (secondary N) is 1. The summed E-state index contributed by atoms with van der Waals surface area (Å²) in [5.41, 5.74) is 5.28. The average molecular weight is 531 g/mol. The van der Waals surface area contributed by atoms with Crippen LogP contribution in [0.4, 0.5) is 5.95 Å². The lowest BCUT2D eigenvalue weighted by Gasteiger charge is -2.38. The molecule has 3 aromatic rings. The lowest BCUT2D eigenvalue weighted by Crippen LogP contribution is -2.36. The zero-order valence-electron chi connectivity index (χ0n) is 23.3.